The molecule has 0 aromatic rings. The van der Waals surface area contributed by atoms with Crippen molar-refractivity contribution in [3.05, 3.63) is 0 Å². The minimum Gasteiger partial charge on any atom is -0.353 e. The standard InChI is InChI=1S/C10H18N2O.ClH/c13-10(8-2-1-3-8)12-9-4-6-11-7-5-9;/h8-9,11H,1-7H2,(H,12,13);1H. The van der Waals surface area contributed by atoms with Crippen LogP contribution in [0.4, 0.5) is 0 Å². The molecular weight excluding hydrogens is 200 g/mol. The molecule has 0 atom stereocenters. The topological polar surface area (TPSA) is 41.1 Å². The fraction of sp³-hybridized carbons (Fsp3) is 0.900. The lowest BCUT2D eigenvalue weighted by Crippen LogP contribution is -2.45. The van der Waals surface area contributed by atoms with Crippen molar-refractivity contribution in [3.8, 4) is 0 Å². The first-order valence-corrected chi connectivity index (χ1v) is 5.37. The Hall–Kier alpha value is -0.280. The maximum absolute atomic E-state index is 11.6. The zero-order chi connectivity index (χ0) is 9.10. The van der Waals surface area contributed by atoms with Crippen molar-refractivity contribution in [2.45, 2.75) is 38.1 Å². The molecule has 0 bridgehead atoms. The van der Waals surface area contributed by atoms with E-state index in [4.69, 9.17) is 0 Å². The molecule has 0 aromatic heterocycles. The molecule has 2 rings (SSSR count). The summed E-state index contributed by atoms with van der Waals surface area (Å²) in [6, 6.07) is 0.439. The molecule has 1 saturated carbocycles. The van der Waals surface area contributed by atoms with Gasteiger partial charge in [-0.1, -0.05) is 6.42 Å². The molecule has 2 N–H and O–H groups in total. The van der Waals surface area contributed by atoms with E-state index in [0.717, 1.165) is 38.8 Å². The number of rotatable bonds is 2. The summed E-state index contributed by atoms with van der Waals surface area (Å²) < 4.78 is 0. The number of piperidine rings is 1. The Morgan fingerprint density at radius 2 is 1.79 bits per heavy atom. The highest BCUT2D eigenvalue weighted by atomic mass is 35.5. The van der Waals surface area contributed by atoms with Gasteiger partial charge in [-0.2, -0.15) is 0 Å². The second-order valence-electron chi connectivity index (χ2n) is 4.16. The van der Waals surface area contributed by atoms with Gasteiger partial charge in [-0.3, -0.25) is 4.79 Å². The Labute approximate surface area is 91.4 Å². The Kier molecular flexibility index (Phi) is 4.69. The molecule has 14 heavy (non-hydrogen) atoms. The van der Waals surface area contributed by atoms with Crippen molar-refractivity contribution in [2.24, 2.45) is 5.92 Å². The van der Waals surface area contributed by atoms with Crippen molar-refractivity contribution in [1.29, 1.82) is 0 Å². The molecule has 1 amide bonds. The van der Waals surface area contributed by atoms with Crippen molar-refractivity contribution in [2.75, 3.05) is 13.1 Å². The molecule has 0 radical (unpaired) electrons. The highest BCUT2D eigenvalue weighted by Gasteiger charge is 2.27. The van der Waals surface area contributed by atoms with Gasteiger partial charge in [0.25, 0.3) is 0 Å². The summed E-state index contributed by atoms with van der Waals surface area (Å²) in [7, 11) is 0. The van der Waals surface area contributed by atoms with E-state index in [2.05, 4.69) is 10.6 Å². The zero-order valence-corrected chi connectivity index (χ0v) is 9.24. The van der Waals surface area contributed by atoms with Crippen molar-refractivity contribution in [3.63, 3.8) is 0 Å². The normalized spacial score (nSPS) is 23.4. The van der Waals surface area contributed by atoms with Crippen molar-refractivity contribution < 1.29 is 4.79 Å². The first-order valence-electron chi connectivity index (χ1n) is 5.37. The molecule has 82 valence electrons. The third-order valence-corrected chi connectivity index (χ3v) is 3.16. The Bertz CT molecular complexity index is 189. The number of amides is 1. The maximum Gasteiger partial charge on any atom is 0.223 e. The zero-order valence-electron chi connectivity index (χ0n) is 8.42. The largest absolute Gasteiger partial charge is 0.353 e. The van der Waals surface area contributed by atoms with E-state index < -0.39 is 0 Å². The van der Waals surface area contributed by atoms with Crippen LogP contribution >= 0.6 is 12.4 Å². The highest BCUT2D eigenvalue weighted by Crippen LogP contribution is 2.26. The van der Waals surface area contributed by atoms with Gasteiger partial charge in [-0.15, -0.1) is 12.4 Å². The van der Waals surface area contributed by atoms with E-state index in [1.54, 1.807) is 0 Å². The Morgan fingerprint density at radius 1 is 1.14 bits per heavy atom. The van der Waals surface area contributed by atoms with Gasteiger partial charge in [0.15, 0.2) is 0 Å². The van der Waals surface area contributed by atoms with Crippen LogP contribution in [0.3, 0.4) is 0 Å². The van der Waals surface area contributed by atoms with Gasteiger partial charge in [-0.25, -0.2) is 0 Å². The monoisotopic (exact) mass is 218 g/mol. The van der Waals surface area contributed by atoms with Crippen LogP contribution in [0.15, 0.2) is 0 Å². The molecule has 4 heteroatoms. The Balaban J connectivity index is 0.000000980. The summed E-state index contributed by atoms with van der Waals surface area (Å²) in [5.74, 6) is 0.646. The third-order valence-electron chi connectivity index (χ3n) is 3.16. The van der Waals surface area contributed by atoms with Crippen LogP contribution in [0.25, 0.3) is 0 Å². The van der Waals surface area contributed by atoms with E-state index in [0.29, 0.717) is 17.9 Å². The van der Waals surface area contributed by atoms with Crippen molar-refractivity contribution in [1.82, 2.24) is 10.6 Å². The molecule has 1 heterocycles. The second kappa shape index (κ2) is 5.56. The fourth-order valence-corrected chi connectivity index (χ4v) is 1.96. The summed E-state index contributed by atoms with van der Waals surface area (Å²) in [6.45, 7) is 2.10. The third kappa shape index (κ3) is 2.85. The molecule has 1 saturated heterocycles. The van der Waals surface area contributed by atoms with E-state index in [9.17, 15) is 4.79 Å². The van der Waals surface area contributed by atoms with Gasteiger partial charge >= 0.3 is 0 Å². The summed E-state index contributed by atoms with van der Waals surface area (Å²) in [6.07, 6.45) is 5.65. The molecule has 0 aromatic carbocycles. The SMILES string of the molecule is Cl.O=C(NC1CCNCC1)C1CCC1. The number of halogens is 1. The molecule has 1 aliphatic heterocycles. The lowest BCUT2D eigenvalue weighted by molar-refractivity contribution is -0.128. The minimum atomic E-state index is 0. The van der Waals surface area contributed by atoms with Crippen LogP contribution in [0.1, 0.15) is 32.1 Å². The number of nitrogens with one attached hydrogen (secondary N) is 2. The first kappa shape index (κ1) is 11.8. The molecule has 1 aliphatic carbocycles. The van der Waals surface area contributed by atoms with Crippen LogP contribution < -0.4 is 10.6 Å². The number of hydrogen-bond donors (Lipinski definition) is 2. The molecule has 2 fully saturated rings. The second-order valence-corrected chi connectivity index (χ2v) is 4.16. The molecular formula is C10H19ClN2O. The van der Waals surface area contributed by atoms with Crippen LogP contribution in [0.2, 0.25) is 0 Å². The molecule has 3 nitrogen and oxygen atoms in total. The van der Waals surface area contributed by atoms with Gasteiger partial charge < -0.3 is 10.6 Å². The predicted molar refractivity (Wildman–Crippen MR) is 58.6 cm³/mol. The van der Waals surface area contributed by atoms with E-state index in [1.807, 2.05) is 0 Å². The van der Waals surface area contributed by atoms with Crippen molar-refractivity contribution >= 4 is 18.3 Å². The van der Waals surface area contributed by atoms with E-state index in [-0.39, 0.29) is 12.4 Å². The minimum absolute atomic E-state index is 0. The van der Waals surface area contributed by atoms with Crippen LogP contribution in [-0.4, -0.2) is 25.0 Å². The van der Waals surface area contributed by atoms with Gasteiger partial charge in [0, 0.05) is 12.0 Å². The number of hydrogen-bond acceptors (Lipinski definition) is 2. The first-order chi connectivity index (χ1) is 6.36. The molecule has 2 aliphatic rings. The predicted octanol–water partition coefficient (Wildman–Crippen LogP) is 1.08. The Morgan fingerprint density at radius 3 is 2.29 bits per heavy atom. The number of carbonyl (C=O) groups is 1. The smallest absolute Gasteiger partial charge is 0.223 e. The molecule has 0 spiro atoms. The lowest BCUT2D eigenvalue weighted by atomic mass is 9.84. The van der Waals surface area contributed by atoms with Gasteiger partial charge in [-0.05, 0) is 38.8 Å². The summed E-state index contributed by atoms with van der Waals surface area (Å²) in [5, 5.41) is 6.44. The quantitative estimate of drug-likeness (QED) is 0.728. The van der Waals surface area contributed by atoms with E-state index >= 15 is 0 Å². The van der Waals surface area contributed by atoms with Crippen LogP contribution in [0.5, 0.6) is 0 Å². The summed E-state index contributed by atoms with van der Waals surface area (Å²) in [5.41, 5.74) is 0. The fourth-order valence-electron chi connectivity index (χ4n) is 1.96. The average Bonchev–Trinajstić information content (AvgIpc) is 2.02. The van der Waals surface area contributed by atoms with Gasteiger partial charge in [0.1, 0.15) is 0 Å². The number of carbonyl (C=O) groups excluding carboxylic acids is 1. The molecule has 0 unspecified atom stereocenters. The summed E-state index contributed by atoms with van der Waals surface area (Å²) in [4.78, 5) is 11.6. The summed E-state index contributed by atoms with van der Waals surface area (Å²) >= 11 is 0. The lowest BCUT2D eigenvalue weighted by Gasteiger charge is -2.29. The van der Waals surface area contributed by atoms with Gasteiger partial charge in [0.2, 0.25) is 5.91 Å². The average molecular weight is 219 g/mol. The van der Waals surface area contributed by atoms with Crippen LogP contribution in [0, 0.1) is 5.92 Å². The maximum atomic E-state index is 11.6. The highest BCUT2D eigenvalue weighted by molar-refractivity contribution is 5.85. The van der Waals surface area contributed by atoms with Gasteiger partial charge in [0.05, 0.1) is 0 Å². The van der Waals surface area contributed by atoms with E-state index in [1.165, 1.54) is 6.42 Å². The van der Waals surface area contributed by atoms with Crippen LogP contribution in [-0.2, 0) is 4.79 Å².